The van der Waals surface area contributed by atoms with Gasteiger partial charge in [-0.25, -0.2) is 4.39 Å². The monoisotopic (exact) mass is 404 g/mol. The van der Waals surface area contributed by atoms with Crippen LogP contribution >= 0.6 is 11.3 Å². The van der Waals surface area contributed by atoms with Crippen molar-refractivity contribution in [2.45, 2.75) is 19.4 Å². The van der Waals surface area contributed by atoms with E-state index in [4.69, 9.17) is 4.74 Å². The van der Waals surface area contributed by atoms with Crippen LogP contribution < -0.4 is 5.32 Å². The van der Waals surface area contributed by atoms with Crippen LogP contribution in [0.15, 0.2) is 41.8 Å². The molecular formula is C20H21FN2O4S. The number of nitrogens with one attached hydrogen (secondary N) is 1. The lowest BCUT2D eigenvalue weighted by Gasteiger charge is -2.30. The molecule has 0 spiro atoms. The van der Waals surface area contributed by atoms with Crippen LogP contribution in [0, 0.1) is 11.7 Å². The molecule has 1 aliphatic heterocycles. The summed E-state index contributed by atoms with van der Waals surface area (Å²) in [5.41, 5.74) is 0.754. The summed E-state index contributed by atoms with van der Waals surface area (Å²) in [7, 11) is 0. The number of carbonyl (C=O) groups excluding carboxylic acids is 3. The van der Waals surface area contributed by atoms with Crippen LogP contribution in [0.1, 0.15) is 28.1 Å². The summed E-state index contributed by atoms with van der Waals surface area (Å²) in [4.78, 5) is 38.7. The molecule has 0 unspecified atom stereocenters. The first-order valence-corrected chi connectivity index (χ1v) is 9.91. The first kappa shape index (κ1) is 20.0. The van der Waals surface area contributed by atoms with Crippen molar-refractivity contribution in [1.82, 2.24) is 10.2 Å². The Morgan fingerprint density at radius 2 is 1.86 bits per heavy atom. The summed E-state index contributed by atoms with van der Waals surface area (Å²) < 4.78 is 18.0. The molecule has 1 N–H and O–H groups in total. The number of ether oxygens (including phenoxy) is 1. The number of carbonyl (C=O) groups is 3. The number of esters is 1. The van der Waals surface area contributed by atoms with E-state index in [0.29, 0.717) is 30.8 Å². The van der Waals surface area contributed by atoms with Crippen molar-refractivity contribution in [3.8, 4) is 0 Å². The normalized spacial score (nSPS) is 14.5. The quantitative estimate of drug-likeness (QED) is 0.751. The van der Waals surface area contributed by atoms with E-state index in [0.717, 1.165) is 5.56 Å². The van der Waals surface area contributed by atoms with Gasteiger partial charge in [-0.3, -0.25) is 14.4 Å². The molecule has 8 heteroatoms. The number of likely N-dealkylation sites (tertiary alicyclic amines) is 1. The number of nitrogens with zero attached hydrogens (tertiary/aromatic N) is 1. The van der Waals surface area contributed by atoms with Crippen molar-refractivity contribution in [1.29, 1.82) is 0 Å². The molecule has 1 aromatic heterocycles. The van der Waals surface area contributed by atoms with Gasteiger partial charge in [-0.05, 0) is 42.0 Å². The highest BCUT2D eigenvalue weighted by atomic mass is 32.1. The standard InChI is InChI=1S/C20H21FN2O4S/c21-16-5-3-14(4-6-16)12-22-18(24)13-27-20(26)15-7-9-23(10-8-15)19(25)17-2-1-11-28-17/h1-6,11,15H,7-10,12-13H2,(H,22,24). The maximum atomic E-state index is 12.8. The van der Waals surface area contributed by atoms with Crippen molar-refractivity contribution in [2.75, 3.05) is 19.7 Å². The van der Waals surface area contributed by atoms with Crippen LogP contribution in [0.4, 0.5) is 4.39 Å². The molecule has 2 amide bonds. The fraction of sp³-hybridized carbons (Fsp3) is 0.350. The minimum Gasteiger partial charge on any atom is -0.455 e. The first-order valence-electron chi connectivity index (χ1n) is 9.03. The molecule has 1 fully saturated rings. The van der Waals surface area contributed by atoms with Crippen molar-refractivity contribution < 1.29 is 23.5 Å². The van der Waals surface area contributed by atoms with Gasteiger partial charge >= 0.3 is 5.97 Å². The summed E-state index contributed by atoms with van der Waals surface area (Å²) in [6, 6.07) is 9.41. The maximum Gasteiger partial charge on any atom is 0.309 e. The SMILES string of the molecule is O=C(COC(=O)C1CCN(C(=O)c2cccs2)CC1)NCc1ccc(F)cc1. The number of amides is 2. The molecule has 3 rings (SSSR count). The Morgan fingerprint density at radius 3 is 2.50 bits per heavy atom. The van der Waals surface area contributed by atoms with Gasteiger partial charge in [0.1, 0.15) is 5.82 Å². The highest BCUT2D eigenvalue weighted by Gasteiger charge is 2.29. The summed E-state index contributed by atoms with van der Waals surface area (Å²) >= 11 is 1.40. The van der Waals surface area contributed by atoms with E-state index in [1.54, 1.807) is 23.1 Å². The minimum atomic E-state index is -0.417. The molecule has 0 radical (unpaired) electrons. The van der Waals surface area contributed by atoms with Crippen LogP contribution in [-0.4, -0.2) is 42.4 Å². The van der Waals surface area contributed by atoms with E-state index in [9.17, 15) is 18.8 Å². The molecule has 0 aliphatic carbocycles. The van der Waals surface area contributed by atoms with Crippen molar-refractivity contribution in [3.63, 3.8) is 0 Å². The van der Waals surface area contributed by atoms with Gasteiger partial charge in [0.25, 0.3) is 11.8 Å². The Morgan fingerprint density at radius 1 is 1.14 bits per heavy atom. The predicted octanol–water partition coefficient (Wildman–Crippen LogP) is 2.60. The second-order valence-corrected chi connectivity index (χ2v) is 7.50. The van der Waals surface area contributed by atoms with Crippen molar-refractivity contribution in [3.05, 3.63) is 58.0 Å². The third kappa shape index (κ3) is 5.39. The highest BCUT2D eigenvalue weighted by molar-refractivity contribution is 7.12. The zero-order valence-corrected chi connectivity index (χ0v) is 16.0. The van der Waals surface area contributed by atoms with Gasteiger partial charge in [0, 0.05) is 19.6 Å². The van der Waals surface area contributed by atoms with Crippen LogP contribution in [0.2, 0.25) is 0 Å². The van der Waals surface area contributed by atoms with E-state index in [1.807, 2.05) is 11.4 Å². The molecule has 0 atom stereocenters. The zero-order chi connectivity index (χ0) is 19.9. The number of hydrogen-bond acceptors (Lipinski definition) is 5. The molecule has 6 nitrogen and oxygen atoms in total. The van der Waals surface area contributed by atoms with E-state index in [-0.39, 0.29) is 30.8 Å². The van der Waals surface area contributed by atoms with Gasteiger partial charge in [0.05, 0.1) is 10.8 Å². The molecule has 1 aliphatic rings. The highest BCUT2D eigenvalue weighted by Crippen LogP contribution is 2.21. The number of benzene rings is 1. The lowest BCUT2D eigenvalue weighted by molar-refractivity contribution is -0.153. The summed E-state index contributed by atoms with van der Waals surface area (Å²) in [5.74, 6) is -1.49. The fourth-order valence-corrected chi connectivity index (χ4v) is 3.67. The predicted molar refractivity (Wildman–Crippen MR) is 102 cm³/mol. The molecular weight excluding hydrogens is 383 g/mol. The molecule has 0 bridgehead atoms. The van der Waals surface area contributed by atoms with Crippen molar-refractivity contribution in [2.24, 2.45) is 5.92 Å². The van der Waals surface area contributed by atoms with E-state index >= 15 is 0 Å². The number of hydrogen-bond donors (Lipinski definition) is 1. The average Bonchev–Trinajstić information content (AvgIpc) is 3.26. The van der Waals surface area contributed by atoms with Crippen LogP contribution in [0.5, 0.6) is 0 Å². The van der Waals surface area contributed by atoms with Gasteiger partial charge in [-0.1, -0.05) is 18.2 Å². The Hall–Kier alpha value is -2.74. The fourth-order valence-electron chi connectivity index (χ4n) is 2.98. The van der Waals surface area contributed by atoms with Gasteiger partial charge in [-0.2, -0.15) is 0 Å². The van der Waals surface area contributed by atoms with Gasteiger partial charge < -0.3 is 15.0 Å². The molecule has 0 saturated carbocycles. The lowest BCUT2D eigenvalue weighted by Crippen LogP contribution is -2.41. The average molecular weight is 404 g/mol. The molecule has 148 valence electrons. The zero-order valence-electron chi connectivity index (χ0n) is 15.2. The third-order valence-electron chi connectivity index (χ3n) is 4.60. The molecule has 1 aromatic carbocycles. The lowest BCUT2D eigenvalue weighted by atomic mass is 9.97. The maximum absolute atomic E-state index is 12.8. The molecule has 28 heavy (non-hydrogen) atoms. The number of piperidine rings is 1. The summed E-state index contributed by atoms with van der Waals surface area (Å²) in [6.45, 7) is 0.870. The summed E-state index contributed by atoms with van der Waals surface area (Å²) in [6.07, 6.45) is 1.04. The van der Waals surface area contributed by atoms with Crippen molar-refractivity contribution >= 4 is 29.1 Å². The number of thiophene rings is 1. The summed E-state index contributed by atoms with van der Waals surface area (Å²) in [5, 5.41) is 4.48. The Bertz CT molecular complexity index is 815. The topological polar surface area (TPSA) is 75.7 Å². The van der Waals surface area contributed by atoms with Gasteiger partial charge in [0.15, 0.2) is 6.61 Å². The van der Waals surface area contributed by atoms with E-state index in [1.165, 1.54) is 23.5 Å². The van der Waals surface area contributed by atoms with Crippen LogP contribution in [0.3, 0.4) is 0 Å². The van der Waals surface area contributed by atoms with E-state index in [2.05, 4.69) is 5.32 Å². The molecule has 2 aromatic rings. The molecule has 1 saturated heterocycles. The smallest absolute Gasteiger partial charge is 0.309 e. The Balaban J connectivity index is 1.36. The second kappa shape index (κ2) is 9.45. The largest absolute Gasteiger partial charge is 0.455 e. The Kier molecular flexibility index (Phi) is 6.76. The van der Waals surface area contributed by atoms with Crippen LogP contribution in [0.25, 0.3) is 0 Å². The minimum absolute atomic E-state index is 0.0120. The van der Waals surface area contributed by atoms with E-state index < -0.39 is 11.9 Å². The molecule has 2 heterocycles. The van der Waals surface area contributed by atoms with Gasteiger partial charge in [0.2, 0.25) is 0 Å². The number of halogens is 1. The second-order valence-electron chi connectivity index (χ2n) is 6.55. The Labute approximate surface area is 166 Å². The van der Waals surface area contributed by atoms with Gasteiger partial charge in [-0.15, -0.1) is 11.3 Å². The third-order valence-corrected chi connectivity index (χ3v) is 5.45. The number of rotatable bonds is 6. The van der Waals surface area contributed by atoms with Crippen LogP contribution in [-0.2, 0) is 20.9 Å². The first-order chi connectivity index (χ1) is 13.5.